The van der Waals surface area contributed by atoms with E-state index >= 15 is 0 Å². The van der Waals surface area contributed by atoms with E-state index in [2.05, 4.69) is 17.6 Å². The Morgan fingerprint density at radius 1 is 1.25 bits per heavy atom. The van der Waals surface area contributed by atoms with Crippen molar-refractivity contribution in [1.29, 1.82) is 0 Å². The lowest BCUT2D eigenvalue weighted by Gasteiger charge is -2.26. The summed E-state index contributed by atoms with van der Waals surface area (Å²) in [6.45, 7) is 5.99. The molecular weight excluding hydrogens is 200 g/mol. The van der Waals surface area contributed by atoms with Gasteiger partial charge in [-0.05, 0) is 45.1 Å². The van der Waals surface area contributed by atoms with E-state index in [4.69, 9.17) is 4.74 Å². The second-order valence-electron chi connectivity index (χ2n) is 5.06. The number of rotatable bonds is 6. The largest absolute Gasteiger partial charge is 0.380 e. The number of ether oxygens (including phenoxy) is 1. The van der Waals surface area contributed by atoms with Crippen LogP contribution in [-0.4, -0.2) is 38.4 Å². The second-order valence-corrected chi connectivity index (χ2v) is 5.06. The fourth-order valence-corrected chi connectivity index (χ4v) is 3.26. The first-order valence-electron chi connectivity index (χ1n) is 6.96. The summed E-state index contributed by atoms with van der Waals surface area (Å²) in [5, 5.41) is 7.34. The minimum atomic E-state index is 0.732. The SMILES string of the molecule is CCOCCNC1CCCC1C1CCCN1. The zero-order valence-electron chi connectivity index (χ0n) is 10.5. The van der Waals surface area contributed by atoms with Crippen molar-refractivity contribution in [3.63, 3.8) is 0 Å². The molecule has 0 aromatic carbocycles. The van der Waals surface area contributed by atoms with Crippen LogP contribution in [0.1, 0.15) is 39.0 Å². The highest BCUT2D eigenvalue weighted by molar-refractivity contribution is 4.93. The average Bonchev–Trinajstić information content (AvgIpc) is 2.94. The fraction of sp³-hybridized carbons (Fsp3) is 1.00. The van der Waals surface area contributed by atoms with Crippen molar-refractivity contribution in [2.75, 3.05) is 26.3 Å². The van der Waals surface area contributed by atoms with Crippen molar-refractivity contribution in [1.82, 2.24) is 10.6 Å². The third-order valence-corrected chi connectivity index (χ3v) is 4.04. The number of nitrogens with one attached hydrogen (secondary N) is 2. The minimum absolute atomic E-state index is 0.732. The quantitative estimate of drug-likeness (QED) is 0.674. The van der Waals surface area contributed by atoms with Crippen LogP contribution in [0.5, 0.6) is 0 Å². The highest BCUT2D eigenvalue weighted by atomic mass is 16.5. The molecule has 1 saturated carbocycles. The molecule has 3 unspecified atom stereocenters. The summed E-state index contributed by atoms with van der Waals surface area (Å²) in [6.07, 6.45) is 6.91. The maximum absolute atomic E-state index is 5.38. The Labute approximate surface area is 99.3 Å². The van der Waals surface area contributed by atoms with Crippen LogP contribution in [0.3, 0.4) is 0 Å². The van der Waals surface area contributed by atoms with E-state index in [1.165, 1.54) is 38.6 Å². The molecule has 94 valence electrons. The lowest BCUT2D eigenvalue weighted by atomic mass is 9.93. The van der Waals surface area contributed by atoms with Gasteiger partial charge in [0.2, 0.25) is 0 Å². The van der Waals surface area contributed by atoms with Gasteiger partial charge in [-0.15, -0.1) is 0 Å². The molecule has 0 bridgehead atoms. The van der Waals surface area contributed by atoms with Gasteiger partial charge < -0.3 is 15.4 Å². The third-order valence-electron chi connectivity index (χ3n) is 4.04. The summed E-state index contributed by atoms with van der Waals surface area (Å²) in [5.74, 6) is 0.865. The number of hydrogen-bond acceptors (Lipinski definition) is 3. The van der Waals surface area contributed by atoms with E-state index < -0.39 is 0 Å². The van der Waals surface area contributed by atoms with Crippen LogP contribution in [0.4, 0.5) is 0 Å². The maximum Gasteiger partial charge on any atom is 0.0590 e. The van der Waals surface area contributed by atoms with E-state index in [0.717, 1.165) is 37.8 Å². The molecule has 3 heteroatoms. The lowest BCUT2D eigenvalue weighted by molar-refractivity contribution is 0.144. The van der Waals surface area contributed by atoms with Crippen molar-refractivity contribution in [2.24, 2.45) is 5.92 Å². The van der Waals surface area contributed by atoms with Gasteiger partial charge in [-0.25, -0.2) is 0 Å². The zero-order valence-corrected chi connectivity index (χ0v) is 10.5. The predicted molar refractivity (Wildman–Crippen MR) is 66.6 cm³/mol. The van der Waals surface area contributed by atoms with Gasteiger partial charge in [0.15, 0.2) is 0 Å². The normalized spacial score (nSPS) is 34.7. The lowest BCUT2D eigenvalue weighted by Crippen LogP contribution is -2.43. The summed E-state index contributed by atoms with van der Waals surface area (Å²) < 4.78 is 5.38. The molecule has 2 rings (SSSR count). The Kier molecular flexibility index (Phi) is 5.07. The molecule has 0 radical (unpaired) electrons. The van der Waals surface area contributed by atoms with Crippen LogP contribution in [0, 0.1) is 5.92 Å². The molecule has 0 spiro atoms. The van der Waals surface area contributed by atoms with Crippen molar-refractivity contribution < 1.29 is 4.74 Å². The van der Waals surface area contributed by atoms with Crippen molar-refractivity contribution in [2.45, 2.75) is 51.1 Å². The molecule has 1 saturated heterocycles. The highest BCUT2D eigenvalue weighted by Gasteiger charge is 2.34. The van der Waals surface area contributed by atoms with Gasteiger partial charge >= 0.3 is 0 Å². The average molecular weight is 226 g/mol. The first-order valence-corrected chi connectivity index (χ1v) is 6.96. The fourth-order valence-electron chi connectivity index (χ4n) is 3.26. The summed E-state index contributed by atoms with van der Waals surface area (Å²) in [4.78, 5) is 0. The summed E-state index contributed by atoms with van der Waals surface area (Å²) in [6, 6.07) is 1.52. The van der Waals surface area contributed by atoms with E-state index in [9.17, 15) is 0 Å². The topological polar surface area (TPSA) is 33.3 Å². The van der Waals surface area contributed by atoms with Crippen molar-refractivity contribution in [3.05, 3.63) is 0 Å². The number of hydrogen-bond donors (Lipinski definition) is 2. The zero-order chi connectivity index (χ0) is 11.2. The van der Waals surface area contributed by atoms with E-state index in [0.29, 0.717) is 0 Å². The van der Waals surface area contributed by atoms with Crippen LogP contribution in [0.25, 0.3) is 0 Å². The Morgan fingerprint density at radius 2 is 2.19 bits per heavy atom. The second kappa shape index (κ2) is 6.58. The Morgan fingerprint density at radius 3 is 2.94 bits per heavy atom. The smallest absolute Gasteiger partial charge is 0.0590 e. The summed E-state index contributed by atoms with van der Waals surface area (Å²) in [7, 11) is 0. The van der Waals surface area contributed by atoms with Gasteiger partial charge in [0.05, 0.1) is 6.61 Å². The first-order chi connectivity index (χ1) is 7.92. The van der Waals surface area contributed by atoms with Gasteiger partial charge in [-0.3, -0.25) is 0 Å². The van der Waals surface area contributed by atoms with Gasteiger partial charge in [0, 0.05) is 25.2 Å². The molecule has 2 aliphatic rings. The molecule has 1 aliphatic heterocycles. The molecule has 1 heterocycles. The first kappa shape index (κ1) is 12.3. The molecule has 16 heavy (non-hydrogen) atoms. The molecular formula is C13H26N2O. The summed E-state index contributed by atoms with van der Waals surface area (Å²) in [5.41, 5.74) is 0. The Balaban J connectivity index is 1.70. The van der Waals surface area contributed by atoms with Gasteiger partial charge in [-0.1, -0.05) is 6.42 Å². The minimum Gasteiger partial charge on any atom is -0.380 e. The van der Waals surface area contributed by atoms with Crippen LogP contribution < -0.4 is 10.6 Å². The van der Waals surface area contributed by atoms with E-state index in [-0.39, 0.29) is 0 Å². The molecule has 3 nitrogen and oxygen atoms in total. The maximum atomic E-state index is 5.38. The molecule has 3 atom stereocenters. The molecule has 0 amide bonds. The van der Waals surface area contributed by atoms with E-state index in [1.54, 1.807) is 0 Å². The van der Waals surface area contributed by atoms with Gasteiger partial charge in [0.25, 0.3) is 0 Å². The molecule has 2 fully saturated rings. The molecule has 2 N–H and O–H groups in total. The van der Waals surface area contributed by atoms with Crippen LogP contribution in [0.2, 0.25) is 0 Å². The van der Waals surface area contributed by atoms with Crippen LogP contribution in [-0.2, 0) is 4.74 Å². The third kappa shape index (κ3) is 3.19. The van der Waals surface area contributed by atoms with Crippen molar-refractivity contribution >= 4 is 0 Å². The summed E-state index contributed by atoms with van der Waals surface area (Å²) >= 11 is 0. The van der Waals surface area contributed by atoms with Crippen LogP contribution >= 0.6 is 0 Å². The molecule has 1 aliphatic carbocycles. The monoisotopic (exact) mass is 226 g/mol. The Bertz CT molecular complexity index is 192. The van der Waals surface area contributed by atoms with E-state index in [1.807, 2.05) is 0 Å². The molecule has 0 aromatic rings. The highest BCUT2D eigenvalue weighted by Crippen LogP contribution is 2.31. The van der Waals surface area contributed by atoms with Gasteiger partial charge in [0.1, 0.15) is 0 Å². The molecule has 0 aromatic heterocycles. The van der Waals surface area contributed by atoms with Crippen LogP contribution in [0.15, 0.2) is 0 Å². The Hall–Kier alpha value is -0.120. The van der Waals surface area contributed by atoms with Crippen molar-refractivity contribution in [3.8, 4) is 0 Å². The standard InChI is InChI=1S/C13H26N2O/c1-2-16-10-9-15-12-6-3-5-11(12)13-7-4-8-14-13/h11-15H,2-10H2,1H3. The predicted octanol–water partition coefficient (Wildman–Crippen LogP) is 1.53. The van der Waals surface area contributed by atoms with Gasteiger partial charge in [-0.2, -0.15) is 0 Å².